The monoisotopic (exact) mass is 670 g/mol. The second kappa shape index (κ2) is 15.2. The molecule has 0 radical (unpaired) electrons. The number of nitrogens with zero attached hydrogens (tertiary/aromatic N) is 2. The van der Waals surface area contributed by atoms with Gasteiger partial charge < -0.3 is 38.0 Å². The molecule has 5 aromatic rings. The summed E-state index contributed by atoms with van der Waals surface area (Å²) in [6.07, 6.45) is 1.86. The summed E-state index contributed by atoms with van der Waals surface area (Å²) in [5.74, 6) is 4.31. The Morgan fingerprint density at radius 3 is 2.02 bits per heavy atom. The van der Waals surface area contributed by atoms with E-state index in [1.165, 1.54) is 0 Å². The fourth-order valence-electron chi connectivity index (χ4n) is 5.46. The van der Waals surface area contributed by atoms with Crippen LogP contribution in [-0.4, -0.2) is 59.5 Å². The molecule has 1 aromatic heterocycles. The summed E-state index contributed by atoms with van der Waals surface area (Å²) >= 11 is 1.66. The van der Waals surface area contributed by atoms with Gasteiger partial charge in [0.1, 0.15) is 5.01 Å². The van der Waals surface area contributed by atoms with Gasteiger partial charge in [0.2, 0.25) is 5.75 Å². The van der Waals surface area contributed by atoms with Crippen LogP contribution < -0.4 is 33.2 Å². The van der Waals surface area contributed by atoms with Crippen molar-refractivity contribution in [2.75, 3.05) is 48.8 Å². The van der Waals surface area contributed by atoms with Crippen molar-refractivity contribution in [1.82, 2.24) is 4.98 Å². The second-order valence-corrected chi connectivity index (χ2v) is 11.9. The first-order valence-electron chi connectivity index (χ1n) is 15.6. The molecule has 0 N–H and O–H groups in total. The normalized spacial score (nSPS) is 13.9. The van der Waals surface area contributed by atoms with Crippen molar-refractivity contribution in [2.45, 2.75) is 25.4 Å². The average molecular weight is 671 g/mol. The van der Waals surface area contributed by atoms with Crippen LogP contribution in [0.3, 0.4) is 0 Å². The topological polar surface area (TPSA) is 99.1 Å². The SMILES string of the molecule is COc1cc(-c2nc3ccccc3s2)ccc1OCCCCOc1cc(C2CC(c3cc(OC)c(OC)c(OC)c3)=NO2)ccc1OC. The number of ether oxygens (including phenoxy) is 7. The lowest BCUT2D eigenvalue weighted by molar-refractivity contribution is 0.0854. The molecule has 4 aromatic carbocycles. The largest absolute Gasteiger partial charge is 0.493 e. The quantitative estimate of drug-likeness (QED) is 0.102. The predicted octanol–water partition coefficient (Wildman–Crippen LogP) is 8.11. The van der Waals surface area contributed by atoms with Gasteiger partial charge in [0.05, 0.1) is 64.7 Å². The molecule has 11 heteroatoms. The van der Waals surface area contributed by atoms with Gasteiger partial charge in [-0.3, -0.25) is 0 Å². The van der Waals surface area contributed by atoms with E-state index >= 15 is 0 Å². The molecule has 48 heavy (non-hydrogen) atoms. The number of methoxy groups -OCH3 is 5. The van der Waals surface area contributed by atoms with Gasteiger partial charge in [0.25, 0.3) is 0 Å². The first-order chi connectivity index (χ1) is 23.5. The highest BCUT2D eigenvalue weighted by Gasteiger charge is 2.27. The number of para-hydroxylation sites is 1. The van der Waals surface area contributed by atoms with Gasteiger partial charge in [-0.1, -0.05) is 23.4 Å². The van der Waals surface area contributed by atoms with E-state index in [0.29, 0.717) is 59.9 Å². The van der Waals surface area contributed by atoms with Crippen LogP contribution in [0.25, 0.3) is 20.8 Å². The zero-order chi connectivity index (χ0) is 33.5. The van der Waals surface area contributed by atoms with Crippen molar-refractivity contribution in [1.29, 1.82) is 0 Å². The van der Waals surface area contributed by atoms with Crippen LogP contribution in [0.15, 0.2) is 78.0 Å². The van der Waals surface area contributed by atoms with Gasteiger partial charge in [-0.05, 0) is 73.0 Å². The van der Waals surface area contributed by atoms with Gasteiger partial charge in [-0.2, -0.15) is 0 Å². The minimum absolute atomic E-state index is 0.281. The predicted molar refractivity (Wildman–Crippen MR) is 186 cm³/mol. The summed E-state index contributed by atoms with van der Waals surface area (Å²) in [6.45, 7) is 1.02. The first-order valence-corrected chi connectivity index (χ1v) is 16.4. The number of fused-ring (bicyclic) bond motifs is 1. The van der Waals surface area contributed by atoms with Gasteiger partial charge in [-0.25, -0.2) is 4.98 Å². The van der Waals surface area contributed by atoms with Crippen LogP contribution in [0.2, 0.25) is 0 Å². The van der Waals surface area contributed by atoms with Crippen molar-refractivity contribution >= 4 is 27.3 Å². The third-order valence-electron chi connectivity index (χ3n) is 7.98. The molecule has 0 saturated heterocycles. The number of unbranched alkanes of at least 4 members (excludes halogenated alkanes) is 1. The summed E-state index contributed by atoms with van der Waals surface area (Å²) in [5.41, 5.74) is 4.53. The molecule has 1 atom stereocenters. The second-order valence-electron chi connectivity index (χ2n) is 10.9. The molecule has 0 aliphatic carbocycles. The summed E-state index contributed by atoms with van der Waals surface area (Å²) in [7, 11) is 8.03. The van der Waals surface area contributed by atoms with Gasteiger partial charge >= 0.3 is 0 Å². The first kappa shape index (κ1) is 32.8. The zero-order valence-electron chi connectivity index (χ0n) is 27.6. The molecule has 1 unspecified atom stereocenters. The van der Waals surface area contributed by atoms with Gasteiger partial charge in [0, 0.05) is 17.5 Å². The van der Waals surface area contributed by atoms with E-state index in [-0.39, 0.29) is 6.10 Å². The Bertz CT molecular complexity index is 1850. The maximum absolute atomic E-state index is 6.16. The molecule has 6 rings (SSSR count). The minimum atomic E-state index is -0.281. The van der Waals surface area contributed by atoms with E-state index in [9.17, 15) is 0 Å². The average Bonchev–Trinajstić information content (AvgIpc) is 3.81. The number of rotatable bonds is 15. The smallest absolute Gasteiger partial charge is 0.203 e. The Balaban J connectivity index is 1.02. The molecular formula is C37H38N2O8S. The number of oxime groups is 1. The molecular weight excluding hydrogens is 632 g/mol. The Morgan fingerprint density at radius 1 is 0.667 bits per heavy atom. The lowest BCUT2D eigenvalue weighted by Gasteiger charge is -2.15. The number of benzene rings is 4. The van der Waals surface area contributed by atoms with Gasteiger partial charge in [0.15, 0.2) is 40.6 Å². The Morgan fingerprint density at radius 2 is 1.33 bits per heavy atom. The molecule has 0 bridgehead atoms. The lowest BCUT2D eigenvalue weighted by Crippen LogP contribution is -2.06. The van der Waals surface area contributed by atoms with E-state index in [1.807, 2.05) is 66.7 Å². The lowest BCUT2D eigenvalue weighted by atomic mass is 9.99. The molecule has 1 aliphatic heterocycles. The zero-order valence-corrected chi connectivity index (χ0v) is 28.4. The van der Waals surface area contributed by atoms with E-state index in [0.717, 1.165) is 50.5 Å². The van der Waals surface area contributed by atoms with Crippen molar-refractivity contribution in [3.8, 4) is 50.8 Å². The number of aromatic nitrogens is 1. The maximum Gasteiger partial charge on any atom is 0.203 e. The Hall–Kier alpha value is -5.16. The highest BCUT2D eigenvalue weighted by Crippen LogP contribution is 2.41. The van der Waals surface area contributed by atoms with Crippen molar-refractivity contribution in [3.63, 3.8) is 0 Å². The van der Waals surface area contributed by atoms with Crippen LogP contribution in [-0.2, 0) is 4.84 Å². The molecule has 1 aliphatic rings. The minimum Gasteiger partial charge on any atom is -0.493 e. The number of hydrogen-bond acceptors (Lipinski definition) is 11. The van der Waals surface area contributed by atoms with Crippen molar-refractivity contribution < 1.29 is 38.0 Å². The molecule has 0 spiro atoms. The fourth-order valence-corrected chi connectivity index (χ4v) is 6.43. The van der Waals surface area contributed by atoms with Crippen LogP contribution in [0, 0.1) is 0 Å². The summed E-state index contributed by atoms with van der Waals surface area (Å²) < 4.78 is 41.1. The summed E-state index contributed by atoms with van der Waals surface area (Å²) in [6, 6.07) is 23.6. The van der Waals surface area contributed by atoms with Crippen molar-refractivity contribution in [2.24, 2.45) is 5.16 Å². The van der Waals surface area contributed by atoms with Crippen LogP contribution in [0.1, 0.15) is 36.5 Å². The van der Waals surface area contributed by atoms with E-state index in [2.05, 4.69) is 11.2 Å². The third-order valence-corrected chi connectivity index (χ3v) is 9.07. The summed E-state index contributed by atoms with van der Waals surface area (Å²) in [4.78, 5) is 10.6. The fraction of sp³-hybridized carbons (Fsp3) is 0.297. The van der Waals surface area contributed by atoms with Gasteiger partial charge in [-0.15, -0.1) is 11.3 Å². The van der Waals surface area contributed by atoms with Crippen molar-refractivity contribution in [3.05, 3.63) is 83.9 Å². The molecule has 0 fully saturated rings. The highest BCUT2D eigenvalue weighted by molar-refractivity contribution is 7.21. The third kappa shape index (κ3) is 7.06. The van der Waals surface area contributed by atoms with E-state index < -0.39 is 0 Å². The number of thiazole rings is 1. The van der Waals surface area contributed by atoms with Crippen LogP contribution in [0.4, 0.5) is 0 Å². The summed E-state index contributed by atoms with van der Waals surface area (Å²) in [5, 5.41) is 5.32. The Kier molecular flexibility index (Phi) is 10.4. The molecule has 0 amide bonds. The van der Waals surface area contributed by atoms with Crippen LogP contribution >= 0.6 is 11.3 Å². The molecule has 2 heterocycles. The molecule has 10 nitrogen and oxygen atoms in total. The van der Waals surface area contributed by atoms with E-state index in [4.69, 9.17) is 43.0 Å². The standard InChI is InChI=1S/C37H38N2O8S/c1-40-28-14-12-23(30-22-27(39-47-30)25-20-33(42-3)36(44-5)34(21-25)43-4)18-32(28)46-17-9-8-16-45-29-15-13-24(19-31(29)41-2)37-38-26-10-6-7-11-35(26)48-37/h6-7,10-15,18-21,30H,8-9,16-17,22H2,1-5H3. The van der Waals surface area contributed by atoms with Crippen LogP contribution in [0.5, 0.6) is 40.2 Å². The maximum atomic E-state index is 6.16. The number of hydrogen-bond donors (Lipinski definition) is 0. The Labute approximate surface area is 283 Å². The molecule has 250 valence electrons. The highest BCUT2D eigenvalue weighted by atomic mass is 32.1. The van der Waals surface area contributed by atoms with E-state index in [1.54, 1.807) is 46.9 Å². The molecule has 0 saturated carbocycles.